The molecule has 4 bridgehead atoms. The number of unbranched alkanes of at least 4 members (excludes halogenated alkanes) is 1. The van der Waals surface area contributed by atoms with Crippen molar-refractivity contribution in [3.8, 4) is 16.9 Å². The first-order chi connectivity index (χ1) is 18.3. The van der Waals surface area contributed by atoms with E-state index in [2.05, 4.69) is 31.2 Å². The fraction of sp³-hybridized carbons (Fsp3) is 0.455. The van der Waals surface area contributed by atoms with E-state index in [9.17, 15) is 19.8 Å². The van der Waals surface area contributed by atoms with E-state index in [0.717, 1.165) is 58.2 Å². The summed E-state index contributed by atoms with van der Waals surface area (Å²) in [5.41, 5.74) is 3.54. The fourth-order valence-corrected chi connectivity index (χ4v) is 7.99. The van der Waals surface area contributed by atoms with E-state index in [1.807, 2.05) is 18.2 Å². The molecule has 1 atom stereocenters. The lowest BCUT2D eigenvalue weighted by molar-refractivity contribution is -0.145. The number of carboxylic acids is 2. The first-order valence-corrected chi connectivity index (χ1v) is 14.1. The van der Waals surface area contributed by atoms with Crippen molar-refractivity contribution in [3.05, 3.63) is 65.7 Å². The van der Waals surface area contributed by atoms with Crippen molar-refractivity contribution in [3.63, 3.8) is 0 Å². The van der Waals surface area contributed by atoms with Crippen LogP contribution in [0.1, 0.15) is 80.6 Å². The Morgan fingerprint density at radius 3 is 2.08 bits per heavy atom. The SMILES string of the molecule is CCCCC(Oc1cc2ccc(-c3ccc(C(=O)O)cc3)cc2cc1C12CC3CC(CC(C3)C1)C2)C(=O)O. The Bertz CT molecular complexity index is 1340. The van der Waals surface area contributed by atoms with Gasteiger partial charge in [-0.1, -0.05) is 37.6 Å². The highest BCUT2D eigenvalue weighted by Gasteiger charge is 2.52. The Balaban J connectivity index is 1.44. The van der Waals surface area contributed by atoms with Gasteiger partial charge in [0.2, 0.25) is 0 Å². The maximum atomic E-state index is 12.1. The van der Waals surface area contributed by atoms with Crippen LogP contribution in [0.4, 0.5) is 0 Å². The number of hydrogen-bond donors (Lipinski definition) is 2. The molecule has 198 valence electrons. The van der Waals surface area contributed by atoms with Gasteiger partial charge in [0.15, 0.2) is 6.10 Å². The van der Waals surface area contributed by atoms with E-state index in [-0.39, 0.29) is 11.0 Å². The maximum absolute atomic E-state index is 12.1. The van der Waals surface area contributed by atoms with Crippen LogP contribution in [0, 0.1) is 17.8 Å². The molecular weight excluding hydrogens is 476 g/mol. The Morgan fingerprint density at radius 1 is 0.868 bits per heavy atom. The first-order valence-electron chi connectivity index (χ1n) is 14.1. The largest absolute Gasteiger partial charge is 0.479 e. The van der Waals surface area contributed by atoms with Crippen molar-refractivity contribution in [2.45, 2.75) is 76.2 Å². The van der Waals surface area contributed by atoms with Crippen LogP contribution in [0.5, 0.6) is 5.75 Å². The van der Waals surface area contributed by atoms with Gasteiger partial charge in [0.25, 0.3) is 0 Å². The highest BCUT2D eigenvalue weighted by Crippen LogP contribution is 2.62. The van der Waals surface area contributed by atoms with Gasteiger partial charge in [-0.05, 0) is 127 Å². The average molecular weight is 513 g/mol. The second-order valence-corrected chi connectivity index (χ2v) is 12.1. The predicted octanol–water partition coefficient (Wildman–Crippen LogP) is 7.70. The summed E-state index contributed by atoms with van der Waals surface area (Å²) in [7, 11) is 0. The van der Waals surface area contributed by atoms with Crippen molar-refractivity contribution < 1.29 is 24.5 Å². The van der Waals surface area contributed by atoms with E-state index in [0.29, 0.717) is 6.42 Å². The van der Waals surface area contributed by atoms with Gasteiger partial charge in [-0.25, -0.2) is 9.59 Å². The van der Waals surface area contributed by atoms with Gasteiger partial charge in [0, 0.05) is 5.56 Å². The summed E-state index contributed by atoms with van der Waals surface area (Å²) in [4.78, 5) is 23.4. The van der Waals surface area contributed by atoms with Gasteiger partial charge in [0.1, 0.15) is 5.75 Å². The number of benzene rings is 3. The highest BCUT2D eigenvalue weighted by atomic mass is 16.5. The smallest absolute Gasteiger partial charge is 0.344 e. The third-order valence-electron chi connectivity index (χ3n) is 9.38. The van der Waals surface area contributed by atoms with Crippen molar-refractivity contribution in [2.75, 3.05) is 0 Å². The Morgan fingerprint density at radius 2 is 1.50 bits per heavy atom. The molecule has 2 N–H and O–H groups in total. The molecule has 4 aliphatic rings. The van der Waals surface area contributed by atoms with Gasteiger partial charge in [-0.2, -0.15) is 0 Å². The number of rotatable bonds is 9. The molecule has 3 aromatic carbocycles. The zero-order valence-electron chi connectivity index (χ0n) is 22.0. The number of aromatic carboxylic acids is 1. The molecule has 1 unspecified atom stereocenters. The number of aliphatic carboxylic acids is 1. The molecule has 5 heteroatoms. The number of carboxylic acid groups (broad SMARTS) is 2. The normalized spacial score (nSPS) is 26.4. The van der Waals surface area contributed by atoms with Crippen molar-refractivity contribution in [1.82, 2.24) is 0 Å². The lowest BCUT2D eigenvalue weighted by atomic mass is 9.48. The van der Waals surface area contributed by atoms with Crippen LogP contribution in [-0.4, -0.2) is 28.3 Å². The summed E-state index contributed by atoms with van der Waals surface area (Å²) in [5.74, 6) is 1.22. The summed E-state index contributed by atoms with van der Waals surface area (Å²) in [5, 5.41) is 21.4. The standard InChI is InChI=1S/C33H36O5/c1-2-3-4-29(32(36)37)38-30-16-26-10-9-25(23-5-7-24(8-6-23)31(34)35)14-27(26)15-28(30)33-17-20-11-21(18-33)13-22(12-20)19-33/h5-10,14-16,20-22,29H,2-4,11-13,17-19H2,1H3,(H,34,35)(H,36,37). The average Bonchev–Trinajstić information content (AvgIpc) is 2.89. The summed E-state index contributed by atoms with van der Waals surface area (Å²) in [6, 6.07) is 17.6. The van der Waals surface area contributed by atoms with Crippen LogP contribution < -0.4 is 4.74 Å². The predicted molar refractivity (Wildman–Crippen MR) is 148 cm³/mol. The van der Waals surface area contributed by atoms with Crippen molar-refractivity contribution in [2.24, 2.45) is 17.8 Å². The quantitative estimate of drug-likeness (QED) is 0.307. The third kappa shape index (κ3) is 4.57. The lowest BCUT2D eigenvalue weighted by Crippen LogP contribution is -2.48. The Hall–Kier alpha value is -3.34. The number of fused-ring (bicyclic) bond motifs is 1. The third-order valence-corrected chi connectivity index (χ3v) is 9.38. The maximum Gasteiger partial charge on any atom is 0.344 e. The number of ether oxygens (including phenoxy) is 1. The van der Waals surface area contributed by atoms with Gasteiger partial charge in [0.05, 0.1) is 5.56 Å². The van der Waals surface area contributed by atoms with Crippen molar-refractivity contribution >= 4 is 22.7 Å². The molecule has 4 fully saturated rings. The fourth-order valence-electron chi connectivity index (χ4n) is 7.99. The molecule has 38 heavy (non-hydrogen) atoms. The summed E-state index contributed by atoms with van der Waals surface area (Å²) in [6.45, 7) is 2.07. The number of carbonyl (C=O) groups is 2. The molecular formula is C33H36O5. The van der Waals surface area contributed by atoms with E-state index in [1.165, 1.54) is 44.1 Å². The lowest BCUT2D eigenvalue weighted by Gasteiger charge is -2.57. The van der Waals surface area contributed by atoms with E-state index in [1.54, 1.807) is 12.1 Å². The van der Waals surface area contributed by atoms with Gasteiger partial charge >= 0.3 is 11.9 Å². The summed E-state index contributed by atoms with van der Waals surface area (Å²) in [6.07, 6.45) is 8.96. The van der Waals surface area contributed by atoms with Crippen LogP contribution in [0.25, 0.3) is 21.9 Å². The zero-order valence-corrected chi connectivity index (χ0v) is 22.0. The monoisotopic (exact) mass is 512 g/mol. The minimum absolute atomic E-state index is 0.0607. The molecule has 0 amide bonds. The molecule has 7 rings (SSSR count). The minimum atomic E-state index is -0.929. The molecule has 0 aromatic heterocycles. The topological polar surface area (TPSA) is 83.8 Å². The second-order valence-electron chi connectivity index (χ2n) is 12.1. The molecule has 4 saturated carbocycles. The number of hydrogen-bond acceptors (Lipinski definition) is 3. The Kier molecular flexibility index (Phi) is 6.41. The molecule has 0 heterocycles. The van der Waals surface area contributed by atoms with E-state index >= 15 is 0 Å². The molecule has 5 nitrogen and oxygen atoms in total. The van der Waals surface area contributed by atoms with Gasteiger partial charge in [-0.15, -0.1) is 0 Å². The van der Waals surface area contributed by atoms with E-state index in [4.69, 9.17) is 4.74 Å². The first kappa shape index (κ1) is 25.0. The summed E-state index contributed by atoms with van der Waals surface area (Å²) < 4.78 is 6.40. The molecule has 4 aliphatic carbocycles. The highest BCUT2D eigenvalue weighted by molar-refractivity contribution is 5.91. The Labute approximate surface area is 223 Å². The minimum Gasteiger partial charge on any atom is -0.479 e. The van der Waals surface area contributed by atoms with Crippen LogP contribution in [0.2, 0.25) is 0 Å². The molecule has 0 spiro atoms. The van der Waals surface area contributed by atoms with Crippen molar-refractivity contribution in [1.29, 1.82) is 0 Å². The molecule has 0 radical (unpaired) electrons. The van der Waals surface area contributed by atoms with Crippen LogP contribution in [0.15, 0.2) is 54.6 Å². The molecule has 0 saturated heterocycles. The van der Waals surface area contributed by atoms with Crippen LogP contribution in [-0.2, 0) is 10.2 Å². The molecule has 3 aromatic rings. The van der Waals surface area contributed by atoms with Crippen LogP contribution in [0.3, 0.4) is 0 Å². The zero-order chi connectivity index (χ0) is 26.4. The summed E-state index contributed by atoms with van der Waals surface area (Å²) >= 11 is 0. The van der Waals surface area contributed by atoms with Crippen LogP contribution >= 0.6 is 0 Å². The van der Waals surface area contributed by atoms with Gasteiger partial charge < -0.3 is 14.9 Å². The van der Waals surface area contributed by atoms with Gasteiger partial charge in [-0.3, -0.25) is 0 Å². The molecule has 0 aliphatic heterocycles. The van der Waals surface area contributed by atoms with E-state index < -0.39 is 18.0 Å². The second kappa shape index (κ2) is 9.76.